The van der Waals surface area contributed by atoms with Crippen LogP contribution >= 0.6 is 11.6 Å². The SMILES string of the molecule is COc1ccc(C(C)Nc2ccc(Cl)c(OC)c2)c(O)c1. The molecule has 0 radical (unpaired) electrons. The van der Waals surface area contributed by atoms with Gasteiger partial charge in [0.05, 0.1) is 25.3 Å². The van der Waals surface area contributed by atoms with Gasteiger partial charge in [0, 0.05) is 23.4 Å². The quantitative estimate of drug-likeness (QED) is 0.867. The molecule has 0 spiro atoms. The number of phenolic OH excluding ortho intramolecular Hbond substituents is 1. The maximum atomic E-state index is 10.0. The monoisotopic (exact) mass is 307 g/mol. The fourth-order valence-electron chi connectivity index (χ4n) is 2.09. The molecule has 2 aromatic carbocycles. The standard InChI is InChI=1S/C16H18ClNO3/c1-10(13-6-5-12(20-2)9-15(13)19)18-11-4-7-14(17)16(8-11)21-3/h4-10,18-19H,1-3H3. The Balaban J connectivity index is 2.19. The van der Waals surface area contributed by atoms with Crippen LogP contribution in [0, 0.1) is 0 Å². The molecule has 1 atom stereocenters. The number of nitrogens with one attached hydrogen (secondary N) is 1. The second kappa shape index (κ2) is 6.59. The van der Waals surface area contributed by atoms with Crippen molar-refractivity contribution in [2.75, 3.05) is 19.5 Å². The third-order valence-corrected chi connectivity index (χ3v) is 3.55. The van der Waals surface area contributed by atoms with Gasteiger partial charge < -0.3 is 19.9 Å². The van der Waals surface area contributed by atoms with Gasteiger partial charge in [-0.1, -0.05) is 11.6 Å². The molecule has 0 bridgehead atoms. The number of anilines is 1. The summed E-state index contributed by atoms with van der Waals surface area (Å²) in [7, 11) is 3.14. The van der Waals surface area contributed by atoms with Crippen LogP contribution in [0.5, 0.6) is 17.2 Å². The summed E-state index contributed by atoms with van der Waals surface area (Å²) in [6, 6.07) is 10.6. The van der Waals surface area contributed by atoms with Crippen LogP contribution in [0.3, 0.4) is 0 Å². The first-order valence-corrected chi connectivity index (χ1v) is 6.90. The van der Waals surface area contributed by atoms with Crippen LogP contribution < -0.4 is 14.8 Å². The third-order valence-electron chi connectivity index (χ3n) is 3.24. The highest BCUT2D eigenvalue weighted by molar-refractivity contribution is 6.32. The number of methoxy groups -OCH3 is 2. The fourth-order valence-corrected chi connectivity index (χ4v) is 2.29. The van der Waals surface area contributed by atoms with Gasteiger partial charge in [0.25, 0.3) is 0 Å². The molecule has 0 saturated carbocycles. The van der Waals surface area contributed by atoms with Crippen LogP contribution in [0.15, 0.2) is 36.4 Å². The molecule has 2 N–H and O–H groups in total. The topological polar surface area (TPSA) is 50.7 Å². The van der Waals surface area contributed by atoms with Gasteiger partial charge in [-0.15, -0.1) is 0 Å². The molecular weight excluding hydrogens is 290 g/mol. The van der Waals surface area contributed by atoms with E-state index in [4.69, 9.17) is 21.1 Å². The Labute approximate surface area is 129 Å². The van der Waals surface area contributed by atoms with E-state index < -0.39 is 0 Å². The number of ether oxygens (including phenoxy) is 2. The lowest BCUT2D eigenvalue weighted by molar-refractivity contribution is 0.406. The third kappa shape index (κ3) is 3.52. The van der Waals surface area contributed by atoms with Crippen LogP contribution in [0.2, 0.25) is 5.02 Å². The highest BCUT2D eigenvalue weighted by atomic mass is 35.5. The van der Waals surface area contributed by atoms with E-state index in [0.717, 1.165) is 11.3 Å². The van der Waals surface area contributed by atoms with E-state index in [9.17, 15) is 5.11 Å². The van der Waals surface area contributed by atoms with Gasteiger partial charge in [0.2, 0.25) is 0 Å². The molecule has 5 heteroatoms. The Bertz CT molecular complexity index is 631. The van der Waals surface area contributed by atoms with Gasteiger partial charge >= 0.3 is 0 Å². The zero-order valence-electron chi connectivity index (χ0n) is 12.2. The smallest absolute Gasteiger partial charge is 0.139 e. The molecule has 0 aromatic heterocycles. The first-order chi connectivity index (χ1) is 10.0. The summed E-state index contributed by atoms with van der Waals surface area (Å²) < 4.78 is 10.3. The molecule has 4 nitrogen and oxygen atoms in total. The molecule has 2 rings (SSSR count). The minimum Gasteiger partial charge on any atom is -0.507 e. The lowest BCUT2D eigenvalue weighted by Gasteiger charge is -2.18. The average Bonchev–Trinajstić information content (AvgIpc) is 2.48. The van der Waals surface area contributed by atoms with Crippen molar-refractivity contribution in [2.45, 2.75) is 13.0 Å². The minimum absolute atomic E-state index is 0.0817. The zero-order valence-corrected chi connectivity index (χ0v) is 12.9. The van der Waals surface area contributed by atoms with Crippen LogP contribution in [-0.4, -0.2) is 19.3 Å². The highest BCUT2D eigenvalue weighted by Crippen LogP contribution is 2.32. The lowest BCUT2D eigenvalue weighted by Crippen LogP contribution is -2.07. The van der Waals surface area contributed by atoms with Gasteiger partial charge in [-0.25, -0.2) is 0 Å². The number of benzene rings is 2. The van der Waals surface area contributed by atoms with Gasteiger partial charge in [-0.05, 0) is 31.2 Å². The van der Waals surface area contributed by atoms with Gasteiger partial charge in [0.1, 0.15) is 17.2 Å². The maximum Gasteiger partial charge on any atom is 0.139 e. The van der Waals surface area contributed by atoms with Gasteiger partial charge in [-0.2, -0.15) is 0 Å². The van der Waals surface area contributed by atoms with E-state index in [1.54, 1.807) is 26.4 Å². The first-order valence-electron chi connectivity index (χ1n) is 6.52. The molecule has 1 unspecified atom stereocenters. The molecule has 0 saturated heterocycles. The van der Waals surface area contributed by atoms with Crippen molar-refractivity contribution in [1.29, 1.82) is 0 Å². The number of hydrogen-bond donors (Lipinski definition) is 2. The number of aromatic hydroxyl groups is 1. The summed E-state index contributed by atoms with van der Waals surface area (Å²) in [5.74, 6) is 1.42. The summed E-state index contributed by atoms with van der Waals surface area (Å²) in [5.41, 5.74) is 1.64. The lowest BCUT2D eigenvalue weighted by atomic mass is 10.1. The van der Waals surface area contributed by atoms with Crippen molar-refractivity contribution in [1.82, 2.24) is 0 Å². The van der Waals surface area contributed by atoms with E-state index in [2.05, 4.69) is 5.32 Å². The van der Waals surface area contributed by atoms with E-state index in [1.807, 2.05) is 31.2 Å². The molecular formula is C16H18ClNO3. The molecule has 0 aliphatic carbocycles. The summed E-state index contributed by atoms with van der Waals surface area (Å²) in [6.07, 6.45) is 0. The molecule has 0 aliphatic rings. The van der Waals surface area contributed by atoms with Crippen molar-refractivity contribution in [3.8, 4) is 17.2 Å². The van der Waals surface area contributed by atoms with E-state index in [1.165, 1.54) is 0 Å². The normalized spacial score (nSPS) is 11.8. The fraction of sp³-hybridized carbons (Fsp3) is 0.250. The first kappa shape index (κ1) is 15.3. The van der Waals surface area contributed by atoms with Gasteiger partial charge in [0.15, 0.2) is 0 Å². The van der Waals surface area contributed by atoms with Crippen molar-refractivity contribution in [3.63, 3.8) is 0 Å². The van der Waals surface area contributed by atoms with Crippen molar-refractivity contribution >= 4 is 17.3 Å². The Morgan fingerprint density at radius 1 is 1.10 bits per heavy atom. The van der Waals surface area contributed by atoms with E-state index in [0.29, 0.717) is 16.5 Å². The van der Waals surface area contributed by atoms with E-state index in [-0.39, 0.29) is 11.8 Å². The summed E-state index contributed by atoms with van der Waals surface area (Å²) >= 11 is 6.00. The molecule has 0 aliphatic heterocycles. The molecule has 112 valence electrons. The second-order valence-corrected chi connectivity index (χ2v) is 5.05. The highest BCUT2D eigenvalue weighted by Gasteiger charge is 2.12. The average molecular weight is 308 g/mol. The molecule has 0 amide bonds. The number of hydrogen-bond acceptors (Lipinski definition) is 4. The van der Waals surface area contributed by atoms with Gasteiger partial charge in [-0.3, -0.25) is 0 Å². The summed E-state index contributed by atoms with van der Waals surface area (Å²) in [5, 5.41) is 13.9. The van der Waals surface area contributed by atoms with Crippen molar-refractivity contribution in [2.24, 2.45) is 0 Å². The predicted octanol–water partition coefficient (Wildman–Crippen LogP) is 4.24. The Hall–Kier alpha value is -2.07. The number of rotatable bonds is 5. The molecule has 2 aromatic rings. The minimum atomic E-state index is -0.0817. The number of phenols is 1. The van der Waals surface area contributed by atoms with Crippen LogP contribution in [0.1, 0.15) is 18.5 Å². The zero-order chi connectivity index (χ0) is 15.4. The summed E-state index contributed by atoms with van der Waals surface area (Å²) in [6.45, 7) is 1.96. The molecule has 0 heterocycles. The van der Waals surface area contributed by atoms with Crippen molar-refractivity contribution in [3.05, 3.63) is 47.0 Å². The summed E-state index contributed by atoms with van der Waals surface area (Å²) in [4.78, 5) is 0. The Morgan fingerprint density at radius 3 is 2.48 bits per heavy atom. The molecule has 21 heavy (non-hydrogen) atoms. The van der Waals surface area contributed by atoms with Crippen molar-refractivity contribution < 1.29 is 14.6 Å². The van der Waals surface area contributed by atoms with Crippen LogP contribution in [0.25, 0.3) is 0 Å². The largest absolute Gasteiger partial charge is 0.507 e. The van der Waals surface area contributed by atoms with Crippen LogP contribution in [-0.2, 0) is 0 Å². The Kier molecular flexibility index (Phi) is 4.81. The maximum absolute atomic E-state index is 10.0. The molecule has 0 fully saturated rings. The second-order valence-electron chi connectivity index (χ2n) is 4.64. The number of halogens is 1. The predicted molar refractivity (Wildman–Crippen MR) is 84.7 cm³/mol. The Morgan fingerprint density at radius 2 is 1.86 bits per heavy atom. The van der Waals surface area contributed by atoms with Crippen LogP contribution in [0.4, 0.5) is 5.69 Å². The van der Waals surface area contributed by atoms with E-state index >= 15 is 0 Å².